The molecule has 0 fully saturated rings. The van der Waals surface area contributed by atoms with Crippen LogP contribution in [0, 0.1) is 6.92 Å². The van der Waals surface area contributed by atoms with Crippen molar-refractivity contribution >= 4 is 22.1 Å². The van der Waals surface area contributed by atoms with Crippen LogP contribution in [-0.4, -0.2) is 39.7 Å². The second kappa shape index (κ2) is 6.35. The molecule has 0 amide bonds. The number of aromatic amines is 2. The number of nitrogens with zero attached hydrogens (tertiary/aromatic N) is 6. The summed E-state index contributed by atoms with van der Waals surface area (Å²) in [5, 5.41) is 8.35. The number of imidazole rings is 2. The second-order valence-corrected chi connectivity index (χ2v) is 7.12. The molecule has 6 rings (SSSR count). The molecule has 0 radical (unpaired) electrons. The number of benzene rings is 1. The Bertz CT molecular complexity index is 1510. The molecule has 5 aromatic heterocycles. The van der Waals surface area contributed by atoms with E-state index in [2.05, 4.69) is 48.3 Å². The van der Waals surface area contributed by atoms with Gasteiger partial charge in [0.05, 0.1) is 41.0 Å². The number of aryl methyl sites for hydroxylation is 1. The lowest BCUT2D eigenvalue weighted by Crippen LogP contribution is -1.92. The SMILES string of the molecule is Cc1cn(-c2cncc3[nH]c(-c4[nH]nc5ncc(-c6ccccc6)cc45)nc23)cn1. The topological polar surface area (TPSA) is 101 Å². The first-order chi connectivity index (χ1) is 14.8. The molecule has 8 nitrogen and oxygen atoms in total. The molecule has 2 N–H and O–H groups in total. The molecular weight excluding hydrogens is 376 g/mol. The Labute approximate surface area is 170 Å². The Balaban J connectivity index is 1.52. The molecule has 0 saturated carbocycles. The molecule has 1 aromatic carbocycles. The average molecular weight is 392 g/mol. The van der Waals surface area contributed by atoms with Gasteiger partial charge in [-0.05, 0) is 18.6 Å². The summed E-state index contributed by atoms with van der Waals surface area (Å²) in [6.45, 7) is 1.95. The van der Waals surface area contributed by atoms with Gasteiger partial charge in [-0.1, -0.05) is 30.3 Å². The van der Waals surface area contributed by atoms with E-state index in [9.17, 15) is 0 Å². The highest BCUT2D eigenvalue weighted by molar-refractivity contribution is 5.94. The van der Waals surface area contributed by atoms with Gasteiger partial charge in [0.1, 0.15) is 11.2 Å². The highest BCUT2D eigenvalue weighted by Crippen LogP contribution is 2.30. The highest BCUT2D eigenvalue weighted by atomic mass is 15.2. The van der Waals surface area contributed by atoms with Crippen LogP contribution in [0.5, 0.6) is 0 Å². The van der Waals surface area contributed by atoms with Gasteiger partial charge in [-0.15, -0.1) is 0 Å². The smallest absolute Gasteiger partial charge is 0.181 e. The van der Waals surface area contributed by atoms with E-state index >= 15 is 0 Å². The van der Waals surface area contributed by atoms with Crippen LogP contribution in [0.3, 0.4) is 0 Å². The Morgan fingerprint density at radius 1 is 0.967 bits per heavy atom. The van der Waals surface area contributed by atoms with E-state index in [1.807, 2.05) is 42.1 Å². The summed E-state index contributed by atoms with van der Waals surface area (Å²) in [6, 6.07) is 12.2. The van der Waals surface area contributed by atoms with Gasteiger partial charge in [-0.25, -0.2) is 15.0 Å². The minimum absolute atomic E-state index is 0.647. The van der Waals surface area contributed by atoms with E-state index in [1.54, 1.807) is 18.7 Å². The summed E-state index contributed by atoms with van der Waals surface area (Å²) in [7, 11) is 0. The maximum absolute atomic E-state index is 4.85. The maximum atomic E-state index is 4.85. The predicted molar refractivity (Wildman–Crippen MR) is 114 cm³/mol. The van der Waals surface area contributed by atoms with Crippen molar-refractivity contribution < 1.29 is 0 Å². The number of rotatable bonds is 3. The fraction of sp³-hybridized carbons (Fsp3) is 0.0455. The monoisotopic (exact) mass is 392 g/mol. The number of aromatic nitrogens is 8. The number of fused-ring (bicyclic) bond motifs is 2. The Morgan fingerprint density at radius 3 is 2.70 bits per heavy atom. The molecular formula is C22H16N8. The van der Waals surface area contributed by atoms with Crippen molar-refractivity contribution in [1.82, 2.24) is 39.7 Å². The van der Waals surface area contributed by atoms with Crippen LogP contribution in [0.15, 0.2) is 67.5 Å². The molecule has 0 saturated heterocycles. The lowest BCUT2D eigenvalue weighted by molar-refractivity contribution is 1.05. The van der Waals surface area contributed by atoms with E-state index in [0.717, 1.165) is 44.6 Å². The van der Waals surface area contributed by atoms with Gasteiger partial charge in [-0.2, -0.15) is 5.10 Å². The van der Waals surface area contributed by atoms with Crippen molar-refractivity contribution in [3.05, 3.63) is 73.2 Å². The first-order valence-corrected chi connectivity index (χ1v) is 9.51. The van der Waals surface area contributed by atoms with Gasteiger partial charge in [0.25, 0.3) is 0 Å². The van der Waals surface area contributed by atoms with Crippen LogP contribution in [0.1, 0.15) is 5.69 Å². The molecule has 8 heteroatoms. The van der Waals surface area contributed by atoms with Crippen molar-refractivity contribution in [3.63, 3.8) is 0 Å². The van der Waals surface area contributed by atoms with E-state index in [0.29, 0.717) is 11.5 Å². The van der Waals surface area contributed by atoms with Crippen LogP contribution >= 0.6 is 0 Å². The summed E-state index contributed by atoms with van der Waals surface area (Å²) in [4.78, 5) is 21.4. The third-order valence-corrected chi connectivity index (χ3v) is 5.12. The molecule has 0 unspecified atom stereocenters. The standard InChI is InChI=1S/C22H16N8/c1-13-11-30(12-25-13)18-10-23-9-17-20(18)27-22(26-17)19-16-7-15(8-24-21(16)29-28-19)14-5-3-2-4-6-14/h2-12H,1H3,(H,26,27)(H,24,28,29). The van der Waals surface area contributed by atoms with Crippen molar-refractivity contribution in [2.45, 2.75) is 6.92 Å². The number of H-pyrrole nitrogens is 2. The Hall–Kier alpha value is -4.33. The molecule has 144 valence electrons. The van der Waals surface area contributed by atoms with Gasteiger partial charge in [0.15, 0.2) is 11.5 Å². The van der Waals surface area contributed by atoms with Crippen LogP contribution < -0.4 is 0 Å². The summed E-state index contributed by atoms with van der Waals surface area (Å²) >= 11 is 0. The van der Waals surface area contributed by atoms with Crippen LogP contribution in [0.25, 0.3) is 50.4 Å². The largest absolute Gasteiger partial charge is 0.335 e. The van der Waals surface area contributed by atoms with Crippen LogP contribution in [-0.2, 0) is 0 Å². The summed E-state index contributed by atoms with van der Waals surface area (Å²) in [6.07, 6.45) is 9.11. The van der Waals surface area contributed by atoms with Gasteiger partial charge in [0, 0.05) is 18.0 Å². The second-order valence-electron chi connectivity index (χ2n) is 7.12. The fourth-order valence-electron chi connectivity index (χ4n) is 3.65. The summed E-state index contributed by atoms with van der Waals surface area (Å²) < 4.78 is 1.93. The van der Waals surface area contributed by atoms with Crippen molar-refractivity contribution in [1.29, 1.82) is 0 Å². The van der Waals surface area contributed by atoms with Gasteiger partial charge in [0.2, 0.25) is 0 Å². The molecule has 0 aliphatic carbocycles. The normalized spacial score (nSPS) is 11.5. The van der Waals surface area contributed by atoms with Gasteiger partial charge in [-0.3, -0.25) is 10.1 Å². The van der Waals surface area contributed by atoms with Crippen molar-refractivity contribution in [2.24, 2.45) is 0 Å². The first kappa shape index (κ1) is 16.6. The van der Waals surface area contributed by atoms with E-state index in [1.165, 1.54) is 0 Å². The molecule has 30 heavy (non-hydrogen) atoms. The Morgan fingerprint density at radius 2 is 1.87 bits per heavy atom. The Kier molecular flexibility index (Phi) is 3.51. The molecule has 6 aromatic rings. The summed E-state index contributed by atoms with van der Waals surface area (Å²) in [5.41, 5.74) is 7.01. The van der Waals surface area contributed by atoms with Crippen LogP contribution in [0.2, 0.25) is 0 Å². The molecule has 0 aliphatic heterocycles. The minimum atomic E-state index is 0.647. The maximum Gasteiger partial charge on any atom is 0.181 e. The molecule has 0 bridgehead atoms. The lowest BCUT2D eigenvalue weighted by atomic mass is 10.1. The predicted octanol–water partition coefficient (Wildman–Crippen LogP) is 4.06. The molecule has 0 spiro atoms. The molecule has 0 atom stereocenters. The van der Waals surface area contributed by atoms with Crippen molar-refractivity contribution in [2.75, 3.05) is 0 Å². The van der Waals surface area contributed by atoms with Crippen molar-refractivity contribution in [3.8, 4) is 28.3 Å². The van der Waals surface area contributed by atoms with E-state index in [-0.39, 0.29) is 0 Å². The minimum Gasteiger partial charge on any atom is -0.335 e. The lowest BCUT2D eigenvalue weighted by Gasteiger charge is -2.01. The average Bonchev–Trinajstić information content (AvgIpc) is 3.51. The first-order valence-electron chi connectivity index (χ1n) is 9.51. The third-order valence-electron chi connectivity index (χ3n) is 5.12. The number of pyridine rings is 2. The van der Waals surface area contributed by atoms with Gasteiger partial charge >= 0.3 is 0 Å². The fourth-order valence-corrected chi connectivity index (χ4v) is 3.65. The molecule has 0 aliphatic rings. The zero-order valence-electron chi connectivity index (χ0n) is 16.0. The van der Waals surface area contributed by atoms with E-state index < -0.39 is 0 Å². The zero-order chi connectivity index (χ0) is 20.1. The number of hydrogen-bond acceptors (Lipinski definition) is 5. The van der Waals surface area contributed by atoms with E-state index in [4.69, 9.17) is 4.98 Å². The third kappa shape index (κ3) is 2.58. The number of hydrogen-bond donors (Lipinski definition) is 2. The summed E-state index contributed by atoms with van der Waals surface area (Å²) in [5.74, 6) is 0.686. The number of nitrogens with one attached hydrogen (secondary N) is 2. The highest BCUT2D eigenvalue weighted by Gasteiger charge is 2.16. The quantitative estimate of drug-likeness (QED) is 0.473. The molecule has 5 heterocycles. The van der Waals surface area contributed by atoms with Gasteiger partial charge < -0.3 is 9.55 Å². The zero-order valence-corrected chi connectivity index (χ0v) is 16.0. The van der Waals surface area contributed by atoms with Crippen LogP contribution in [0.4, 0.5) is 0 Å².